The second kappa shape index (κ2) is 7.04. The molecule has 2 N–H and O–H groups in total. The molecule has 1 unspecified atom stereocenters. The van der Waals surface area contributed by atoms with Crippen LogP contribution in [-0.2, 0) is 14.3 Å². The molecule has 114 valence electrons. The number of carboxylic acid groups (broad SMARTS) is 1. The number of aliphatic carboxylic acids is 1. The second-order valence-electron chi connectivity index (χ2n) is 5.93. The fourth-order valence-corrected chi connectivity index (χ4v) is 3.65. The van der Waals surface area contributed by atoms with Crippen LogP contribution in [0.4, 0.5) is 0 Å². The average molecular weight is 284 g/mol. The molecule has 20 heavy (non-hydrogen) atoms. The van der Waals surface area contributed by atoms with Gasteiger partial charge in [0.1, 0.15) is 12.6 Å². The highest BCUT2D eigenvalue weighted by molar-refractivity contribution is 5.77. The Labute approximate surface area is 119 Å². The Morgan fingerprint density at radius 3 is 2.80 bits per heavy atom. The molecule has 2 bridgehead atoms. The lowest BCUT2D eigenvalue weighted by molar-refractivity contribution is -0.945. The van der Waals surface area contributed by atoms with E-state index in [0.29, 0.717) is 12.6 Å². The van der Waals surface area contributed by atoms with Crippen LogP contribution in [-0.4, -0.2) is 50.8 Å². The molecule has 0 saturated carbocycles. The zero-order chi connectivity index (χ0) is 14.5. The molecule has 1 amide bonds. The van der Waals surface area contributed by atoms with Gasteiger partial charge in [0.05, 0.1) is 32.2 Å². The number of fused-ring (bicyclic) bond motifs is 3. The fraction of sp³-hybridized carbons (Fsp3) is 0.857. The van der Waals surface area contributed by atoms with Gasteiger partial charge in [-0.25, -0.2) is 0 Å². The monoisotopic (exact) mass is 284 g/mol. The molecule has 3 saturated heterocycles. The molecule has 6 nitrogen and oxygen atoms in total. The fourth-order valence-electron chi connectivity index (χ4n) is 3.65. The van der Waals surface area contributed by atoms with Crippen LogP contribution in [0.25, 0.3) is 0 Å². The standard InChI is InChI=1S/C14H24N2O4/c1-2-10-7-16-4-3-11(10)5-12(16)6-15-13(17)8-20-9-14(18)19/h10-12H,2-9H2,1H3,(H,15,17)(H,18,19)/t10-,11-,12+/m0/s1. The largest absolute Gasteiger partial charge is 0.548 e. The first kappa shape index (κ1) is 15.3. The third-order valence-electron chi connectivity index (χ3n) is 4.71. The van der Waals surface area contributed by atoms with Gasteiger partial charge in [0.25, 0.3) is 0 Å². The molecule has 3 heterocycles. The minimum atomic E-state index is -1.30. The number of quaternary nitrogens is 1. The van der Waals surface area contributed by atoms with Gasteiger partial charge in [-0.05, 0) is 12.3 Å². The highest BCUT2D eigenvalue weighted by Gasteiger charge is 2.42. The number of hydrogen-bond donors (Lipinski definition) is 2. The number of ether oxygens (including phenoxy) is 1. The Balaban J connectivity index is 1.67. The Kier molecular flexibility index (Phi) is 5.37. The van der Waals surface area contributed by atoms with Gasteiger partial charge < -0.3 is 24.9 Å². The lowest BCUT2D eigenvalue weighted by Crippen LogP contribution is -3.20. The summed E-state index contributed by atoms with van der Waals surface area (Å²) in [5.74, 6) is 0.106. The van der Waals surface area contributed by atoms with Crippen molar-refractivity contribution in [2.24, 2.45) is 11.8 Å². The van der Waals surface area contributed by atoms with Gasteiger partial charge in [0, 0.05) is 18.8 Å². The molecular weight excluding hydrogens is 260 g/mol. The molecule has 3 rings (SSSR count). The van der Waals surface area contributed by atoms with Crippen LogP contribution in [0.15, 0.2) is 0 Å². The highest BCUT2D eigenvalue weighted by Crippen LogP contribution is 2.28. The minimum absolute atomic E-state index is 0.211. The van der Waals surface area contributed by atoms with Crippen molar-refractivity contribution in [3.63, 3.8) is 0 Å². The number of piperidine rings is 3. The lowest BCUT2D eigenvalue weighted by Gasteiger charge is -2.46. The van der Waals surface area contributed by atoms with Crippen molar-refractivity contribution in [1.82, 2.24) is 5.32 Å². The van der Waals surface area contributed by atoms with E-state index in [9.17, 15) is 14.7 Å². The zero-order valence-corrected chi connectivity index (χ0v) is 12.0. The number of nitrogens with one attached hydrogen (secondary N) is 2. The van der Waals surface area contributed by atoms with Crippen LogP contribution < -0.4 is 15.3 Å². The molecule has 3 fully saturated rings. The number of hydrogen-bond acceptors (Lipinski definition) is 4. The van der Waals surface area contributed by atoms with Crippen molar-refractivity contribution in [3.8, 4) is 0 Å². The molecule has 3 aliphatic heterocycles. The first-order valence-electron chi connectivity index (χ1n) is 7.49. The van der Waals surface area contributed by atoms with Crippen molar-refractivity contribution in [1.29, 1.82) is 0 Å². The topological polar surface area (TPSA) is 82.9 Å². The molecule has 6 heteroatoms. The molecule has 0 aromatic rings. The Morgan fingerprint density at radius 1 is 1.40 bits per heavy atom. The van der Waals surface area contributed by atoms with E-state index in [1.807, 2.05) is 0 Å². The second-order valence-corrected chi connectivity index (χ2v) is 5.93. The number of rotatable bonds is 7. The van der Waals surface area contributed by atoms with Crippen molar-refractivity contribution >= 4 is 11.9 Å². The van der Waals surface area contributed by atoms with E-state index < -0.39 is 12.6 Å². The lowest BCUT2D eigenvalue weighted by atomic mass is 9.74. The van der Waals surface area contributed by atoms with Crippen LogP contribution in [0, 0.1) is 11.8 Å². The van der Waals surface area contributed by atoms with E-state index >= 15 is 0 Å². The first-order valence-corrected chi connectivity index (χ1v) is 7.49. The third kappa shape index (κ3) is 3.93. The van der Waals surface area contributed by atoms with E-state index in [-0.39, 0.29) is 12.5 Å². The summed E-state index contributed by atoms with van der Waals surface area (Å²) in [6.07, 6.45) is 3.76. The number of carboxylic acids is 1. The summed E-state index contributed by atoms with van der Waals surface area (Å²) in [6, 6.07) is 0.502. The SMILES string of the molecule is CC[C@H]1C[NH+]2CC[C@H]1C[C@@H]2CNC(=O)COCC(=O)[O-]. The smallest absolute Gasteiger partial charge is 0.246 e. The molecule has 4 atom stereocenters. The van der Waals surface area contributed by atoms with E-state index in [0.717, 1.165) is 11.8 Å². The van der Waals surface area contributed by atoms with E-state index in [4.69, 9.17) is 4.74 Å². The predicted molar refractivity (Wildman–Crippen MR) is 69.8 cm³/mol. The summed E-state index contributed by atoms with van der Waals surface area (Å²) in [4.78, 5) is 23.3. The van der Waals surface area contributed by atoms with Crippen molar-refractivity contribution in [2.45, 2.75) is 32.2 Å². The van der Waals surface area contributed by atoms with Crippen LogP contribution in [0.1, 0.15) is 26.2 Å². The van der Waals surface area contributed by atoms with E-state index in [1.165, 1.54) is 32.4 Å². The van der Waals surface area contributed by atoms with Gasteiger partial charge in [0.2, 0.25) is 5.91 Å². The molecule has 0 radical (unpaired) electrons. The summed E-state index contributed by atoms with van der Waals surface area (Å²) >= 11 is 0. The quantitative estimate of drug-likeness (QED) is 0.545. The highest BCUT2D eigenvalue weighted by atomic mass is 16.5. The molecule has 0 spiro atoms. The Morgan fingerprint density at radius 2 is 2.20 bits per heavy atom. The van der Waals surface area contributed by atoms with Gasteiger partial charge >= 0.3 is 0 Å². The number of carbonyl (C=O) groups excluding carboxylic acids is 2. The van der Waals surface area contributed by atoms with Crippen LogP contribution >= 0.6 is 0 Å². The van der Waals surface area contributed by atoms with Crippen LogP contribution in [0.3, 0.4) is 0 Å². The maximum atomic E-state index is 11.5. The normalized spacial score (nSPS) is 32.0. The molecular formula is C14H24N2O4. The van der Waals surface area contributed by atoms with E-state index in [2.05, 4.69) is 12.2 Å². The van der Waals surface area contributed by atoms with Gasteiger partial charge in [0.15, 0.2) is 0 Å². The van der Waals surface area contributed by atoms with Crippen molar-refractivity contribution in [2.75, 3.05) is 32.8 Å². The summed E-state index contributed by atoms with van der Waals surface area (Å²) in [6.45, 7) is 4.62. The zero-order valence-electron chi connectivity index (χ0n) is 12.0. The molecule has 0 aliphatic carbocycles. The van der Waals surface area contributed by atoms with Gasteiger partial charge in [-0.2, -0.15) is 0 Å². The van der Waals surface area contributed by atoms with Crippen LogP contribution in [0.5, 0.6) is 0 Å². The number of carbonyl (C=O) groups is 2. The van der Waals surface area contributed by atoms with Crippen LogP contribution in [0.2, 0.25) is 0 Å². The Hall–Kier alpha value is -1.14. The summed E-state index contributed by atoms with van der Waals surface area (Å²) in [7, 11) is 0. The Bertz CT molecular complexity index is 361. The maximum Gasteiger partial charge on any atom is 0.246 e. The average Bonchev–Trinajstić information content (AvgIpc) is 2.45. The first-order chi connectivity index (χ1) is 9.60. The molecule has 0 aromatic carbocycles. The van der Waals surface area contributed by atoms with Gasteiger partial charge in [-0.3, -0.25) is 4.79 Å². The summed E-state index contributed by atoms with van der Waals surface area (Å²) < 4.78 is 4.71. The summed E-state index contributed by atoms with van der Waals surface area (Å²) in [5, 5.41) is 13.0. The van der Waals surface area contributed by atoms with Gasteiger partial charge in [-0.1, -0.05) is 6.92 Å². The number of amides is 1. The van der Waals surface area contributed by atoms with Crippen molar-refractivity contribution < 1.29 is 24.3 Å². The van der Waals surface area contributed by atoms with Gasteiger partial charge in [-0.15, -0.1) is 0 Å². The maximum absolute atomic E-state index is 11.5. The predicted octanol–water partition coefficient (Wildman–Crippen LogP) is -2.43. The molecule has 3 aliphatic rings. The molecule has 0 aromatic heterocycles. The van der Waals surface area contributed by atoms with E-state index in [1.54, 1.807) is 4.90 Å². The summed E-state index contributed by atoms with van der Waals surface area (Å²) in [5.41, 5.74) is 0. The minimum Gasteiger partial charge on any atom is -0.548 e. The third-order valence-corrected chi connectivity index (χ3v) is 4.71. The van der Waals surface area contributed by atoms with Crippen molar-refractivity contribution in [3.05, 3.63) is 0 Å².